The number of ether oxygens (including phenoxy) is 1. The van der Waals surface area contributed by atoms with Gasteiger partial charge in [-0.1, -0.05) is 0 Å². The summed E-state index contributed by atoms with van der Waals surface area (Å²) in [6.07, 6.45) is 1.43. The molecular weight excluding hydrogens is 208 g/mol. The van der Waals surface area contributed by atoms with Crippen LogP contribution >= 0.6 is 0 Å². The molecule has 86 valence electrons. The topological polar surface area (TPSA) is 68.3 Å². The highest BCUT2D eigenvalue weighted by atomic mass is 16.5. The zero-order chi connectivity index (χ0) is 12.1. The Morgan fingerprint density at radius 2 is 2.19 bits per heavy atom. The molecule has 0 spiro atoms. The summed E-state index contributed by atoms with van der Waals surface area (Å²) < 4.78 is 4.87. The lowest BCUT2D eigenvalue weighted by Gasteiger charge is -2.08. The summed E-state index contributed by atoms with van der Waals surface area (Å²) in [7, 11) is 1.65. The van der Waals surface area contributed by atoms with Crippen LogP contribution in [0.3, 0.4) is 0 Å². The molecule has 0 saturated carbocycles. The SMILES string of the molecule is CCOC(=O)c1cc(C(C)=O)cnc1NC. The summed E-state index contributed by atoms with van der Waals surface area (Å²) in [5, 5.41) is 2.78. The monoisotopic (exact) mass is 222 g/mol. The highest BCUT2D eigenvalue weighted by molar-refractivity contribution is 6.00. The third-order valence-corrected chi connectivity index (χ3v) is 2.03. The van der Waals surface area contributed by atoms with Crippen molar-refractivity contribution in [3.8, 4) is 0 Å². The number of hydrogen-bond acceptors (Lipinski definition) is 5. The van der Waals surface area contributed by atoms with Crippen LogP contribution < -0.4 is 5.32 Å². The van der Waals surface area contributed by atoms with Gasteiger partial charge in [-0.2, -0.15) is 0 Å². The minimum absolute atomic E-state index is 0.138. The fraction of sp³-hybridized carbons (Fsp3) is 0.364. The van der Waals surface area contributed by atoms with Gasteiger partial charge in [0.05, 0.1) is 6.61 Å². The highest BCUT2D eigenvalue weighted by Gasteiger charge is 2.15. The molecule has 0 atom stereocenters. The molecule has 1 aromatic rings. The Balaban J connectivity index is 3.16. The first kappa shape index (κ1) is 12.2. The molecule has 0 aliphatic carbocycles. The van der Waals surface area contributed by atoms with Gasteiger partial charge in [0.25, 0.3) is 0 Å². The molecule has 5 nitrogen and oxygen atoms in total. The predicted molar refractivity (Wildman–Crippen MR) is 59.7 cm³/mol. The van der Waals surface area contributed by atoms with Crippen molar-refractivity contribution in [2.24, 2.45) is 0 Å². The first-order valence-electron chi connectivity index (χ1n) is 4.96. The summed E-state index contributed by atoms with van der Waals surface area (Å²) in [6, 6.07) is 1.49. The molecule has 16 heavy (non-hydrogen) atoms. The molecule has 1 N–H and O–H groups in total. The Kier molecular flexibility index (Phi) is 3.99. The fourth-order valence-corrected chi connectivity index (χ4v) is 1.22. The van der Waals surface area contributed by atoms with Gasteiger partial charge in [-0.05, 0) is 19.9 Å². The summed E-state index contributed by atoms with van der Waals surface area (Å²) in [4.78, 5) is 26.7. The van der Waals surface area contributed by atoms with Crippen molar-refractivity contribution in [3.63, 3.8) is 0 Å². The van der Waals surface area contributed by atoms with Crippen molar-refractivity contribution >= 4 is 17.6 Å². The molecule has 0 bridgehead atoms. The third-order valence-electron chi connectivity index (χ3n) is 2.03. The standard InChI is InChI=1S/C11H14N2O3/c1-4-16-11(15)9-5-8(7(2)14)6-13-10(9)12-3/h5-6H,4H2,1-3H3,(H,12,13). The van der Waals surface area contributed by atoms with Crippen LogP contribution in [-0.2, 0) is 4.74 Å². The third kappa shape index (κ3) is 2.56. The Hall–Kier alpha value is -1.91. The van der Waals surface area contributed by atoms with Gasteiger partial charge >= 0.3 is 5.97 Å². The molecule has 0 unspecified atom stereocenters. The van der Waals surface area contributed by atoms with Crippen LogP contribution in [0.2, 0.25) is 0 Å². The number of nitrogens with zero attached hydrogens (tertiary/aromatic N) is 1. The van der Waals surface area contributed by atoms with Crippen LogP contribution in [0.25, 0.3) is 0 Å². The molecule has 1 heterocycles. The number of esters is 1. The zero-order valence-corrected chi connectivity index (χ0v) is 9.53. The van der Waals surface area contributed by atoms with E-state index in [4.69, 9.17) is 4.74 Å². The number of aromatic nitrogens is 1. The molecule has 5 heteroatoms. The molecule has 1 aromatic heterocycles. The maximum absolute atomic E-state index is 11.6. The maximum atomic E-state index is 11.6. The number of pyridine rings is 1. The van der Waals surface area contributed by atoms with E-state index >= 15 is 0 Å². The summed E-state index contributed by atoms with van der Waals surface area (Å²) in [5.74, 6) is -0.216. The van der Waals surface area contributed by atoms with Gasteiger partial charge in [-0.25, -0.2) is 9.78 Å². The molecule has 0 aromatic carbocycles. The van der Waals surface area contributed by atoms with E-state index in [1.165, 1.54) is 19.2 Å². The van der Waals surface area contributed by atoms with Gasteiger partial charge in [0.2, 0.25) is 0 Å². The van der Waals surface area contributed by atoms with Crippen LogP contribution in [0.15, 0.2) is 12.3 Å². The fourth-order valence-electron chi connectivity index (χ4n) is 1.22. The summed E-state index contributed by atoms with van der Waals surface area (Å²) in [6.45, 7) is 3.43. The average Bonchev–Trinajstić information content (AvgIpc) is 2.28. The molecular formula is C11H14N2O3. The average molecular weight is 222 g/mol. The van der Waals surface area contributed by atoms with Crippen molar-refractivity contribution in [1.82, 2.24) is 4.98 Å². The number of anilines is 1. The van der Waals surface area contributed by atoms with Crippen LogP contribution in [-0.4, -0.2) is 30.4 Å². The first-order valence-corrected chi connectivity index (χ1v) is 4.96. The second-order valence-corrected chi connectivity index (χ2v) is 3.15. The number of rotatable bonds is 4. The van der Waals surface area contributed by atoms with Crippen molar-refractivity contribution in [2.45, 2.75) is 13.8 Å². The van der Waals surface area contributed by atoms with Crippen molar-refractivity contribution in [1.29, 1.82) is 0 Å². The molecule has 0 aliphatic rings. The lowest BCUT2D eigenvalue weighted by Crippen LogP contribution is -2.11. The van der Waals surface area contributed by atoms with E-state index in [2.05, 4.69) is 10.3 Å². The van der Waals surface area contributed by atoms with Crippen LogP contribution in [0.4, 0.5) is 5.82 Å². The molecule has 1 rings (SSSR count). The normalized spacial score (nSPS) is 9.69. The Morgan fingerprint density at radius 3 is 2.69 bits per heavy atom. The van der Waals surface area contributed by atoms with E-state index in [0.717, 1.165) is 0 Å². The largest absolute Gasteiger partial charge is 0.462 e. The van der Waals surface area contributed by atoms with E-state index in [1.807, 2.05) is 0 Å². The minimum atomic E-state index is -0.484. The van der Waals surface area contributed by atoms with E-state index < -0.39 is 5.97 Å². The number of nitrogens with one attached hydrogen (secondary N) is 1. The maximum Gasteiger partial charge on any atom is 0.341 e. The number of ketones is 1. The Morgan fingerprint density at radius 1 is 1.50 bits per heavy atom. The second-order valence-electron chi connectivity index (χ2n) is 3.15. The minimum Gasteiger partial charge on any atom is -0.462 e. The lowest BCUT2D eigenvalue weighted by molar-refractivity contribution is 0.0527. The van der Waals surface area contributed by atoms with Gasteiger partial charge < -0.3 is 10.1 Å². The van der Waals surface area contributed by atoms with Gasteiger partial charge in [0, 0.05) is 18.8 Å². The molecule has 0 aliphatic heterocycles. The second kappa shape index (κ2) is 5.25. The van der Waals surface area contributed by atoms with E-state index in [9.17, 15) is 9.59 Å². The molecule has 0 radical (unpaired) electrons. The van der Waals surface area contributed by atoms with Gasteiger partial charge in [0.1, 0.15) is 11.4 Å². The van der Waals surface area contributed by atoms with Crippen LogP contribution in [0, 0.1) is 0 Å². The number of hydrogen-bond donors (Lipinski definition) is 1. The Labute approximate surface area is 93.8 Å². The zero-order valence-electron chi connectivity index (χ0n) is 9.53. The van der Waals surface area contributed by atoms with Crippen molar-refractivity contribution < 1.29 is 14.3 Å². The van der Waals surface area contributed by atoms with Crippen molar-refractivity contribution in [3.05, 3.63) is 23.4 Å². The molecule has 0 fully saturated rings. The van der Waals surface area contributed by atoms with E-state index in [1.54, 1.807) is 14.0 Å². The lowest BCUT2D eigenvalue weighted by atomic mass is 10.1. The predicted octanol–water partition coefficient (Wildman–Crippen LogP) is 1.50. The van der Waals surface area contributed by atoms with Crippen LogP contribution in [0.5, 0.6) is 0 Å². The number of carbonyl (C=O) groups excluding carboxylic acids is 2. The molecule has 0 amide bonds. The van der Waals surface area contributed by atoms with Crippen LogP contribution in [0.1, 0.15) is 34.6 Å². The Bertz CT molecular complexity index is 416. The summed E-state index contributed by atoms with van der Waals surface area (Å²) in [5.41, 5.74) is 0.666. The van der Waals surface area contributed by atoms with Gasteiger partial charge in [-0.15, -0.1) is 0 Å². The number of Topliss-reactive ketones (excluding diaryl/α,β-unsaturated/α-hetero) is 1. The van der Waals surface area contributed by atoms with Gasteiger partial charge in [0.15, 0.2) is 5.78 Å². The van der Waals surface area contributed by atoms with Gasteiger partial charge in [-0.3, -0.25) is 4.79 Å². The molecule has 0 saturated heterocycles. The summed E-state index contributed by atoms with van der Waals surface area (Å²) >= 11 is 0. The van der Waals surface area contributed by atoms with Crippen molar-refractivity contribution in [2.75, 3.05) is 19.0 Å². The van der Waals surface area contributed by atoms with E-state index in [0.29, 0.717) is 11.4 Å². The number of carbonyl (C=O) groups is 2. The first-order chi connectivity index (χ1) is 7.60. The quantitative estimate of drug-likeness (QED) is 0.617. The highest BCUT2D eigenvalue weighted by Crippen LogP contribution is 2.15. The smallest absolute Gasteiger partial charge is 0.341 e. The van der Waals surface area contributed by atoms with E-state index in [-0.39, 0.29) is 18.0 Å².